The number of hydrogen-bond donors (Lipinski definition) is 4. The van der Waals surface area contributed by atoms with Crippen LogP contribution in [0, 0.1) is 0 Å². The summed E-state index contributed by atoms with van der Waals surface area (Å²) in [5.41, 5.74) is 5.46. The molecule has 162 valence electrons. The van der Waals surface area contributed by atoms with Crippen LogP contribution >= 0.6 is 12.2 Å². The van der Waals surface area contributed by atoms with Gasteiger partial charge in [-0.25, -0.2) is 4.68 Å². The zero-order chi connectivity index (χ0) is 21.9. The van der Waals surface area contributed by atoms with Crippen LogP contribution in [-0.2, 0) is 0 Å². The first-order valence-corrected chi connectivity index (χ1v) is 9.61. The molecule has 2 aromatic rings. The number of aromatic nitrogens is 2. The summed E-state index contributed by atoms with van der Waals surface area (Å²) in [5, 5.41) is 9.62. The lowest BCUT2D eigenvalue weighted by atomic mass is 10.1. The number of alkyl halides is 3. The van der Waals surface area contributed by atoms with Crippen molar-refractivity contribution in [1.29, 1.82) is 0 Å². The molecule has 0 radical (unpaired) electrons. The molecule has 0 aliphatic carbocycles. The molecule has 0 spiro atoms. The summed E-state index contributed by atoms with van der Waals surface area (Å²) < 4.78 is 46.2. The highest BCUT2D eigenvalue weighted by Crippen LogP contribution is 2.40. The summed E-state index contributed by atoms with van der Waals surface area (Å²) >= 11 is 5.16. The second-order valence-electron chi connectivity index (χ2n) is 6.65. The van der Waals surface area contributed by atoms with Gasteiger partial charge in [0.2, 0.25) is 0 Å². The number of hydrazine groups is 1. The molecule has 0 saturated carbocycles. The van der Waals surface area contributed by atoms with E-state index in [1.165, 1.54) is 0 Å². The lowest BCUT2D eigenvalue weighted by Gasteiger charge is -2.31. The molecule has 1 aromatic carbocycles. The number of benzene rings is 1. The average molecular weight is 442 g/mol. The third kappa shape index (κ3) is 4.75. The number of anilines is 2. The molecule has 1 aromatic heterocycles. The van der Waals surface area contributed by atoms with Gasteiger partial charge in [-0.3, -0.25) is 15.6 Å². The number of carbonyl (C=O) groups is 1. The van der Waals surface area contributed by atoms with E-state index in [4.69, 9.17) is 17.0 Å². The molecule has 8 nitrogen and oxygen atoms in total. The third-order valence-corrected chi connectivity index (χ3v) is 4.60. The Morgan fingerprint density at radius 2 is 2.10 bits per heavy atom. The predicted molar refractivity (Wildman–Crippen MR) is 109 cm³/mol. The van der Waals surface area contributed by atoms with E-state index >= 15 is 0 Å². The average Bonchev–Trinajstić information content (AvgIpc) is 3.10. The number of ether oxygens (including phenoxy) is 1. The van der Waals surface area contributed by atoms with Gasteiger partial charge >= 0.3 is 6.18 Å². The Kier molecular flexibility index (Phi) is 6.34. The lowest BCUT2D eigenvalue weighted by Crippen LogP contribution is -2.44. The summed E-state index contributed by atoms with van der Waals surface area (Å²) in [6.07, 6.45) is -3.55. The van der Waals surface area contributed by atoms with E-state index in [9.17, 15) is 18.0 Å². The molecular formula is C18H21F3N6O2S. The van der Waals surface area contributed by atoms with Crippen LogP contribution in [0.1, 0.15) is 36.7 Å². The van der Waals surface area contributed by atoms with Gasteiger partial charge in [-0.1, -0.05) is 12.1 Å². The second kappa shape index (κ2) is 8.78. The molecular weight excluding hydrogens is 421 g/mol. The summed E-state index contributed by atoms with van der Waals surface area (Å²) in [5.74, 6) is -0.0884. The van der Waals surface area contributed by atoms with E-state index in [0.29, 0.717) is 18.0 Å². The molecule has 30 heavy (non-hydrogen) atoms. The van der Waals surface area contributed by atoms with E-state index in [0.717, 1.165) is 10.9 Å². The van der Waals surface area contributed by atoms with Gasteiger partial charge in [0.15, 0.2) is 11.2 Å². The SMILES string of the molecule is CCOc1ccccc1NC(=S)NNC(=O)c1cnn2c1N[C@H](C)C[C@H]2C(F)(F)F. The van der Waals surface area contributed by atoms with E-state index in [-0.39, 0.29) is 22.9 Å². The summed E-state index contributed by atoms with van der Waals surface area (Å²) in [4.78, 5) is 12.5. The first kappa shape index (κ1) is 21.7. The number of halogens is 3. The number of thiocarbonyl (C=S) groups is 1. The zero-order valence-electron chi connectivity index (χ0n) is 16.2. The predicted octanol–water partition coefficient (Wildman–Crippen LogP) is 3.22. The van der Waals surface area contributed by atoms with Crippen molar-refractivity contribution in [3.63, 3.8) is 0 Å². The highest BCUT2D eigenvalue weighted by molar-refractivity contribution is 7.80. The molecule has 4 N–H and O–H groups in total. The first-order chi connectivity index (χ1) is 14.2. The quantitative estimate of drug-likeness (QED) is 0.427. The van der Waals surface area contributed by atoms with Crippen molar-refractivity contribution >= 4 is 34.7 Å². The number of fused-ring (bicyclic) bond motifs is 1. The van der Waals surface area contributed by atoms with Gasteiger partial charge in [0.25, 0.3) is 5.91 Å². The van der Waals surface area contributed by atoms with Crippen LogP contribution in [0.2, 0.25) is 0 Å². The minimum absolute atomic E-state index is 0.0101. The minimum Gasteiger partial charge on any atom is -0.492 e. The van der Waals surface area contributed by atoms with Crippen molar-refractivity contribution in [2.45, 2.75) is 38.5 Å². The number of rotatable bonds is 4. The fourth-order valence-corrected chi connectivity index (χ4v) is 3.25. The topological polar surface area (TPSA) is 92.2 Å². The van der Waals surface area contributed by atoms with Crippen LogP contribution in [0.3, 0.4) is 0 Å². The molecule has 12 heteroatoms. The fraction of sp³-hybridized carbons (Fsp3) is 0.389. The van der Waals surface area contributed by atoms with E-state index in [1.807, 2.05) is 6.92 Å². The standard InChI is InChI=1S/C18H21F3N6O2S/c1-3-29-13-7-5-4-6-12(13)24-17(30)26-25-16(28)11-9-22-27-14(18(19,20)21)8-10(2)23-15(11)27/h4-7,9-10,14,23H,3,8H2,1-2H3,(H,25,28)(H2,24,26,30)/t10-,14+/m1/s1. The fourth-order valence-electron chi connectivity index (χ4n) is 3.09. The van der Waals surface area contributed by atoms with Crippen molar-refractivity contribution in [2.24, 2.45) is 0 Å². The lowest BCUT2D eigenvalue weighted by molar-refractivity contribution is -0.173. The number of amides is 1. The Bertz CT molecular complexity index is 933. The highest BCUT2D eigenvalue weighted by atomic mass is 32.1. The highest BCUT2D eigenvalue weighted by Gasteiger charge is 2.46. The second-order valence-corrected chi connectivity index (χ2v) is 7.06. The monoisotopic (exact) mass is 442 g/mol. The molecule has 1 amide bonds. The minimum atomic E-state index is -4.47. The summed E-state index contributed by atoms with van der Waals surface area (Å²) in [6, 6.07) is 4.83. The van der Waals surface area contributed by atoms with E-state index < -0.39 is 24.2 Å². The number of carbonyl (C=O) groups excluding carboxylic acids is 1. The zero-order valence-corrected chi connectivity index (χ0v) is 17.0. The molecule has 2 heterocycles. The molecule has 2 atom stereocenters. The van der Waals surface area contributed by atoms with Crippen LogP contribution in [0.5, 0.6) is 5.75 Å². The van der Waals surface area contributed by atoms with Crippen molar-refractivity contribution in [2.75, 3.05) is 17.2 Å². The van der Waals surface area contributed by atoms with Gasteiger partial charge in [-0.05, 0) is 44.6 Å². The van der Waals surface area contributed by atoms with Gasteiger partial charge in [-0.2, -0.15) is 18.3 Å². The van der Waals surface area contributed by atoms with Crippen molar-refractivity contribution < 1.29 is 22.7 Å². The Morgan fingerprint density at radius 3 is 2.80 bits per heavy atom. The van der Waals surface area contributed by atoms with Crippen LogP contribution in [0.4, 0.5) is 24.7 Å². The van der Waals surface area contributed by atoms with Crippen LogP contribution in [0.15, 0.2) is 30.5 Å². The molecule has 0 bridgehead atoms. The maximum atomic E-state index is 13.3. The largest absolute Gasteiger partial charge is 0.492 e. The maximum absolute atomic E-state index is 13.3. The van der Waals surface area contributed by atoms with Gasteiger partial charge in [-0.15, -0.1) is 0 Å². The van der Waals surface area contributed by atoms with Crippen molar-refractivity contribution in [3.8, 4) is 5.75 Å². The molecule has 3 rings (SSSR count). The van der Waals surface area contributed by atoms with Crippen molar-refractivity contribution in [3.05, 3.63) is 36.0 Å². The summed E-state index contributed by atoms with van der Waals surface area (Å²) in [7, 11) is 0. The summed E-state index contributed by atoms with van der Waals surface area (Å²) in [6.45, 7) is 3.93. The number of para-hydroxylation sites is 2. The molecule has 1 aliphatic heterocycles. The normalized spacial score (nSPS) is 18.0. The van der Waals surface area contributed by atoms with Crippen LogP contribution in [0.25, 0.3) is 0 Å². The maximum Gasteiger partial charge on any atom is 0.410 e. The Morgan fingerprint density at radius 1 is 1.37 bits per heavy atom. The smallest absolute Gasteiger partial charge is 0.410 e. The van der Waals surface area contributed by atoms with Gasteiger partial charge in [0.1, 0.15) is 17.1 Å². The van der Waals surface area contributed by atoms with Crippen molar-refractivity contribution in [1.82, 2.24) is 20.6 Å². The molecule has 0 saturated heterocycles. The third-order valence-electron chi connectivity index (χ3n) is 4.40. The Balaban J connectivity index is 1.67. The molecule has 0 unspecified atom stereocenters. The van der Waals surface area contributed by atoms with E-state index in [1.54, 1.807) is 31.2 Å². The van der Waals surface area contributed by atoms with E-state index in [2.05, 4.69) is 26.6 Å². The van der Waals surface area contributed by atoms with Crippen LogP contribution < -0.4 is 26.2 Å². The van der Waals surface area contributed by atoms with Gasteiger partial charge < -0.3 is 15.4 Å². The number of hydrogen-bond acceptors (Lipinski definition) is 5. The molecule has 0 fully saturated rings. The Hall–Kier alpha value is -3.02. The number of nitrogens with one attached hydrogen (secondary N) is 4. The first-order valence-electron chi connectivity index (χ1n) is 9.20. The van der Waals surface area contributed by atoms with Gasteiger partial charge in [0.05, 0.1) is 18.5 Å². The molecule has 1 aliphatic rings. The van der Waals surface area contributed by atoms with Crippen LogP contribution in [-0.4, -0.2) is 39.6 Å². The Labute approximate surface area is 176 Å². The van der Waals surface area contributed by atoms with Gasteiger partial charge in [0, 0.05) is 6.04 Å². The number of nitrogens with zero attached hydrogens (tertiary/aromatic N) is 2.